The molecule has 0 saturated heterocycles. The second kappa shape index (κ2) is 4.95. The third-order valence-corrected chi connectivity index (χ3v) is 1.66. The van der Waals surface area contributed by atoms with Crippen LogP contribution in [0.3, 0.4) is 0 Å². The lowest BCUT2D eigenvalue weighted by atomic mass is 10.2. The number of methoxy groups -OCH3 is 2. The molecule has 0 aromatic heterocycles. The number of ether oxygens (including phenoxy) is 2. The van der Waals surface area contributed by atoms with Crippen LogP contribution in [0.2, 0.25) is 0 Å². The standard InChI is InChI=1S/C6H10ClNO4/c1-11-5(9)3(7)4(8)6(10)12-2/h3-4H,8H2,1-2H3/t3-,4+/m0/s1. The smallest absolute Gasteiger partial charge is 0.326 e. The van der Waals surface area contributed by atoms with Crippen molar-refractivity contribution in [2.75, 3.05) is 14.2 Å². The van der Waals surface area contributed by atoms with Crippen LogP contribution in [-0.4, -0.2) is 37.6 Å². The number of alkyl halides is 1. The molecule has 0 bridgehead atoms. The largest absolute Gasteiger partial charge is 0.468 e. The Balaban J connectivity index is 4.18. The van der Waals surface area contributed by atoms with Gasteiger partial charge < -0.3 is 15.2 Å². The molecule has 0 aromatic carbocycles. The Kier molecular flexibility index (Phi) is 4.61. The molecule has 2 atom stereocenters. The van der Waals surface area contributed by atoms with E-state index in [4.69, 9.17) is 17.3 Å². The number of carbonyl (C=O) groups excluding carboxylic acids is 2. The average Bonchev–Trinajstić information content (AvgIpc) is 2.12. The van der Waals surface area contributed by atoms with Gasteiger partial charge in [-0.1, -0.05) is 0 Å². The quantitative estimate of drug-likeness (QED) is 0.474. The van der Waals surface area contributed by atoms with Gasteiger partial charge in [0.25, 0.3) is 0 Å². The molecule has 0 heterocycles. The molecule has 6 heteroatoms. The Hall–Kier alpha value is -0.810. The van der Waals surface area contributed by atoms with Gasteiger partial charge in [0.2, 0.25) is 0 Å². The number of rotatable bonds is 3. The maximum absolute atomic E-state index is 10.7. The SMILES string of the molecule is COC(=O)[C@@H](Cl)[C@@H](N)C(=O)OC. The lowest BCUT2D eigenvalue weighted by Gasteiger charge is -2.12. The van der Waals surface area contributed by atoms with Gasteiger partial charge in [-0.25, -0.2) is 0 Å². The summed E-state index contributed by atoms with van der Waals surface area (Å²) in [5.74, 6) is -1.50. The zero-order valence-corrected chi connectivity index (χ0v) is 7.50. The first-order valence-electron chi connectivity index (χ1n) is 3.10. The van der Waals surface area contributed by atoms with Crippen molar-refractivity contribution in [1.82, 2.24) is 0 Å². The van der Waals surface area contributed by atoms with Crippen molar-refractivity contribution in [2.45, 2.75) is 11.4 Å². The molecule has 0 fully saturated rings. The predicted molar refractivity (Wildman–Crippen MR) is 41.6 cm³/mol. The Morgan fingerprint density at radius 3 is 2.00 bits per heavy atom. The highest BCUT2D eigenvalue weighted by Crippen LogP contribution is 2.04. The van der Waals surface area contributed by atoms with E-state index in [1.807, 2.05) is 0 Å². The second-order valence-corrected chi connectivity index (χ2v) is 2.44. The first-order valence-corrected chi connectivity index (χ1v) is 3.53. The summed E-state index contributed by atoms with van der Waals surface area (Å²) in [4.78, 5) is 21.5. The third-order valence-electron chi connectivity index (χ3n) is 1.21. The minimum atomic E-state index is -1.21. The van der Waals surface area contributed by atoms with Crippen LogP contribution in [0.1, 0.15) is 0 Å². The Morgan fingerprint density at radius 2 is 1.67 bits per heavy atom. The minimum absolute atomic E-state index is 0.750. The molecule has 0 aliphatic rings. The second-order valence-electron chi connectivity index (χ2n) is 1.97. The monoisotopic (exact) mass is 195 g/mol. The number of halogens is 1. The van der Waals surface area contributed by atoms with Crippen LogP contribution in [0.15, 0.2) is 0 Å². The molecular weight excluding hydrogens is 186 g/mol. The molecule has 0 aromatic rings. The normalized spacial score (nSPS) is 14.7. The molecule has 0 aliphatic heterocycles. The summed E-state index contributed by atoms with van der Waals surface area (Å²) < 4.78 is 8.54. The van der Waals surface area contributed by atoms with Crippen molar-refractivity contribution in [3.05, 3.63) is 0 Å². The molecule has 0 saturated carbocycles. The summed E-state index contributed by atoms with van der Waals surface area (Å²) in [6, 6.07) is -1.19. The average molecular weight is 196 g/mol. The van der Waals surface area contributed by atoms with Crippen LogP contribution >= 0.6 is 11.6 Å². The van der Waals surface area contributed by atoms with E-state index in [2.05, 4.69) is 9.47 Å². The maximum Gasteiger partial charge on any atom is 0.326 e. The van der Waals surface area contributed by atoms with Crippen LogP contribution in [0.4, 0.5) is 0 Å². The summed E-state index contributed by atoms with van der Waals surface area (Å²) in [6.45, 7) is 0. The van der Waals surface area contributed by atoms with E-state index in [1.165, 1.54) is 0 Å². The van der Waals surface area contributed by atoms with Crippen LogP contribution in [0, 0.1) is 0 Å². The lowest BCUT2D eigenvalue weighted by molar-refractivity contribution is -0.148. The Bertz CT molecular complexity index is 164. The fourth-order valence-corrected chi connectivity index (χ4v) is 0.707. The topological polar surface area (TPSA) is 78.6 Å². The molecule has 5 nitrogen and oxygen atoms in total. The highest BCUT2D eigenvalue weighted by atomic mass is 35.5. The molecule has 0 spiro atoms. The summed E-state index contributed by atoms with van der Waals surface area (Å²) in [5, 5.41) is -1.21. The van der Waals surface area contributed by atoms with Crippen molar-refractivity contribution in [3.8, 4) is 0 Å². The molecule has 0 unspecified atom stereocenters. The van der Waals surface area contributed by atoms with Crippen molar-refractivity contribution in [3.63, 3.8) is 0 Å². The fraction of sp³-hybridized carbons (Fsp3) is 0.667. The molecule has 0 aliphatic carbocycles. The molecular formula is C6H10ClNO4. The van der Waals surface area contributed by atoms with Gasteiger partial charge >= 0.3 is 11.9 Å². The number of carbonyl (C=O) groups is 2. The Labute approximate surface area is 74.8 Å². The van der Waals surface area contributed by atoms with E-state index in [9.17, 15) is 9.59 Å². The predicted octanol–water partition coefficient (Wildman–Crippen LogP) is -0.733. The summed E-state index contributed by atoms with van der Waals surface area (Å²) >= 11 is 5.46. The molecule has 0 amide bonds. The third kappa shape index (κ3) is 2.67. The fourth-order valence-electron chi connectivity index (χ4n) is 0.515. The Morgan fingerprint density at radius 1 is 1.25 bits per heavy atom. The van der Waals surface area contributed by atoms with Crippen molar-refractivity contribution in [2.24, 2.45) is 5.73 Å². The number of nitrogens with two attached hydrogens (primary N) is 1. The molecule has 12 heavy (non-hydrogen) atoms. The maximum atomic E-state index is 10.7. The van der Waals surface area contributed by atoms with Gasteiger partial charge in [-0.05, 0) is 0 Å². The van der Waals surface area contributed by atoms with Gasteiger partial charge in [0.1, 0.15) is 6.04 Å². The highest BCUT2D eigenvalue weighted by Gasteiger charge is 2.30. The van der Waals surface area contributed by atoms with Crippen molar-refractivity contribution >= 4 is 23.5 Å². The zero-order chi connectivity index (χ0) is 9.72. The first-order chi connectivity index (χ1) is 5.54. The van der Waals surface area contributed by atoms with E-state index in [-0.39, 0.29) is 0 Å². The number of hydrogen-bond acceptors (Lipinski definition) is 5. The highest BCUT2D eigenvalue weighted by molar-refractivity contribution is 6.31. The van der Waals surface area contributed by atoms with Gasteiger partial charge in [-0.15, -0.1) is 11.6 Å². The van der Waals surface area contributed by atoms with Crippen LogP contribution in [0.25, 0.3) is 0 Å². The van der Waals surface area contributed by atoms with E-state index >= 15 is 0 Å². The van der Waals surface area contributed by atoms with E-state index in [1.54, 1.807) is 0 Å². The van der Waals surface area contributed by atoms with Gasteiger partial charge in [0.15, 0.2) is 5.38 Å². The molecule has 70 valence electrons. The van der Waals surface area contributed by atoms with Gasteiger partial charge in [0, 0.05) is 0 Å². The van der Waals surface area contributed by atoms with Crippen LogP contribution in [-0.2, 0) is 19.1 Å². The zero-order valence-electron chi connectivity index (χ0n) is 6.74. The van der Waals surface area contributed by atoms with Crippen molar-refractivity contribution < 1.29 is 19.1 Å². The number of esters is 2. The van der Waals surface area contributed by atoms with Crippen LogP contribution in [0.5, 0.6) is 0 Å². The minimum Gasteiger partial charge on any atom is -0.468 e. The van der Waals surface area contributed by atoms with Crippen molar-refractivity contribution in [1.29, 1.82) is 0 Å². The molecule has 2 N–H and O–H groups in total. The van der Waals surface area contributed by atoms with E-state index in [0.717, 1.165) is 14.2 Å². The molecule has 0 rings (SSSR count). The van der Waals surface area contributed by atoms with E-state index in [0.29, 0.717) is 0 Å². The van der Waals surface area contributed by atoms with Gasteiger partial charge in [-0.2, -0.15) is 0 Å². The number of hydrogen-bond donors (Lipinski definition) is 1. The van der Waals surface area contributed by atoms with E-state index < -0.39 is 23.4 Å². The molecule has 0 radical (unpaired) electrons. The van der Waals surface area contributed by atoms with Crippen LogP contribution < -0.4 is 5.73 Å². The van der Waals surface area contributed by atoms with Gasteiger partial charge in [0.05, 0.1) is 14.2 Å². The summed E-state index contributed by atoms with van der Waals surface area (Å²) in [7, 11) is 2.31. The van der Waals surface area contributed by atoms with Gasteiger partial charge in [-0.3, -0.25) is 9.59 Å². The summed E-state index contributed by atoms with van der Waals surface area (Å²) in [6.07, 6.45) is 0. The lowest BCUT2D eigenvalue weighted by Crippen LogP contribution is -2.44. The first kappa shape index (κ1) is 11.2. The summed E-state index contributed by atoms with van der Waals surface area (Å²) in [5.41, 5.74) is 5.24.